The number of aryl methyl sites for hydroxylation is 2. The van der Waals surface area contributed by atoms with E-state index in [9.17, 15) is 12.9 Å². The first kappa shape index (κ1) is 17.8. The average Bonchev–Trinajstić information content (AvgIpc) is 2.72. The first-order valence-electron chi connectivity index (χ1n) is 5.78. The van der Waals surface area contributed by atoms with E-state index in [1.54, 1.807) is 37.0 Å². The molecule has 0 bridgehead atoms. The molecule has 0 unspecified atom stereocenters. The van der Waals surface area contributed by atoms with E-state index >= 15 is 0 Å². The molecule has 0 N–H and O–H groups in total. The SMILES string of the molecule is Cc1ccc(OCc2ccn(C)n2)c([B-](F)(F)F)c1.[K+]. The van der Waals surface area contributed by atoms with Gasteiger partial charge in [-0.3, -0.25) is 4.68 Å². The van der Waals surface area contributed by atoms with Gasteiger partial charge < -0.3 is 17.7 Å². The maximum Gasteiger partial charge on any atom is 1.00 e. The second kappa shape index (κ2) is 7.13. The minimum atomic E-state index is -5.09. The van der Waals surface area contributed by atoms with Crippen LogP contribution in [0.15, 0.2) is 30.5 Å². The van der Waals surface area contributed by atoms with Crippen LogP contribution >= 0.6 is 0 Å². The Hall–Kier alpha value is -0.279. The van der Waals surface area contributed by atoms with Gasteiger partial charge in [0.05, 0.1) is 11.4 Å². The van der Waals surface area contributed by atoms with Gasteiger partial charge in [0, 0.05) is 13.2 Å². The molecule has 1 heterocycles. The zero-order chi connectivity index (χ0) is 14.0. The summed E-state index contributed by atoms with van der Waals surface area (Å²) in [7, 11) is 1.74. The minimum absolute atomic E-state index is 0. The maximum absolute atomic E-state index is 12.9. The zero-order valence-electron chi connectivity index (χ0n) is 11.6. The predicted molar refractivity (Wildman–Crippen MR) is 67.4 cm³/mol. The van der Waals surface area contributed by atoms with E-state index in [2.05, 4.69) is 5.10 Å². The molecule has 0 saturated carbocycles. The summed E-state index contributed by atoms with van der Waals surface area (Å²) in [5.74, 6) is -0.149. The Morgan fingerprint density at radius 3 is 2.50 bits per heavy atom. The Morgan fingerprint density at radius 1 is 1.25 bits per heavy atom. The van der Waals surface area contributed by atoms with E-state index in [0.717, 1.165) is 6.07 Å². The molecule has 2 rings (SSSR count). The van der Waals surface area contributed by atoms with Gasteiger partial charge in [-0.1, -0.05) is 23.2 Å². The van der Waals surface area contributed by atoms with Gasteiger partial charge in [0.25, 0.3) is 0 Å². The number of benzene rings is 1. The fraction of sp³-hybridized carbons (Fsp3) is 0.250. The van der Waals surface area contributed by atoms with Gasteiger partial charge in [-0.15, -0.1) is 0 Å². The van der Waals surface area contributed by atoms with Gasteiger partial charge in [-0.05, 0) is 19.1 Å². The number of hydrogen-bond acceptors (Lipinski definition) is 2. The van der Waals surface area contributed by atoms with Crippen molar-refractivity contribution in [3.63, 3.8) is 0 Å². The molecule has 0 atom stereocenters. The van der Waals surface area contributed by atoms with E-state index in [1.807, 2.05) is 0 Å². The van der Waals surface area contributed by atoms with Crippen LogP contribution in [0.2, 0.25) is 0 Å². The molecule has 3 nitrogen and oxygen atoms in total. The number of rotatable bonds is 4. The third-order valence-corrected chi connectivity index (χ3v) is 2.66. The Morgan fingerprint density at radius 2 is 1.95 bits per heavy atom. The third-order valence-electron chi connectivity index (χ3n) is 2.66. The molecule has 0 aliphatic carbocycles. The molecule has 0 radical (unpaired) electrons. The maximum atomic E-state index is 12.9. The fourth-order valence-corrected chi connectivity index (χ4v) is 1.75. The monoisotopic (exact) mass is 308 g/mol. The summed E-state index contributed by atoms with van der Waals surface area (Å²) in [6.45, 7) is -3.45. The normalized spacial score (nSPS) is 11.1. The molecule has 0 saturated heterocycles. The van der Waals surface area contributed by atoms with E-state index in [0.29, 0.717) is 11.3 Å². The van der Waals surface area contributed by atoms with Crippen LogP contribution in [0.25, 0.3) is 0 Å². The van der Waals surface area contributed by atoms with Crippen LogP contribution in [0.3, 0.4) is 0 Å². The van der Waals surface area contributed by atoms with Crippen LogP contribution in [0.1, 0.15) is 11.3 Å². The van der Waals surface area contributed by atoms with E-state index in [1.165, 1.54) is 6.07 Å². The molecular formula is C12H13BF3KN2O. The van der Waals surface area contributed by atoms with Gasteiger partial charge in [0.15, 0.2) is 0 Å². The Labute approximate surface area is 158 Å². The summed E-state index contributed by atoms with van der Waals surface area (Å²) in [6, 6.07) is 5.75. The number of halogens is 3. The van der Waals surface area contributed by atoms with E-state index in [-0.39, 0.29) is 63.7 Å². The second-order valence-corrected chi connectivity index (χ2v) is 4.39. The second-order valence-electron chi connectivity index (χ2n) is 4.39. The number of aromatic nitrogens is 2. The fourth-order valence-electron chi connectivity index (χ4n) is 1.75. The molecule has 0 amide bonds. The van der Waals surface area contributed by atoms with Crippen molar-refractivity contribution in [3.05, 3.63) is 41.7 Å². The van der Waals surface area contributed by atoms with Gasteiger partial charge in [-0.2, -0.15) is 5.10 Å². The van der Waals surface area contributed by atoms with Crippen molar-refractivity contribution in [2.24, 2.45) is 7.05 Å². The molecule has 2 aromatic rings. The van der Waals surface area contributed by atoms with E-state index in [4.69, 9.17) is 4.74 Å². The van der Waals surface area contributed by atoms with Crippen LogP contribution in [0, 0.1) is 6.92 Å². The van der Waals surface area contributed by atoms with Crippen LogP contribution in [0.5, 0.6) is 5.75 Å². The smallest absolute Gasteiger partial charge is 0.490 e. The zero-order valence-corrected chi connectivity index (χ0v) is 14.7. The molecule has 0 aliphatic rings. The molecule has 0 spiro atoms. The Balaban J connectivity index is 0.00000200. The topological polar surface area (TPSA) is 27.1 Å². The summed E-state index contributed by atoms with van der Waals surface area (Å²) < 4.78 is 45.6. The summed E-state index contributed by atoms with van der Waals surface area (Å²) in [5.41, 5.74) is 0.444. The van der Waals surface area contributed by atoms with Crippen LogP contribution in [-0.4, -0.2) is 16.8 Å². The quantitative estimate of drug-likeness (QED) is 0.703. The largest absolute Gasteiger partial charge is 1.00 e. The molecule has 20 heavy (non-hydrogen) atoms. The molecular weight excluding hydrogens is 295 g/mol. The summed E-state index contributed by atoms with van der Waals surface area (Å²) in [4.78, 5) is 0. The van der Waals surface area contributed by atoms with Crippen molar-refractivity contribution in [3.8, 4) is 5.75 Å². The molecule has 102 valence electrons. The number of hydrogen-bond donors (Lipinski definition) is 0. The van der Waals surface area contributed by atoms with Gasteiger partial charge in [0.2, 0.25) is 0 Å². The number of ether oxygens (including phenoxy) is 1. The van der Waals surface area contributed by atoms with Crippen molar-refractivity contribution in [1.29, 1.82) is 0 Å². The van der Waals surface area contributed by atoms with Crippen molar-refractivity contribution in [2.75, 3.05) is 0 Å². The van der Waals surface area contributed by atoms with Gasteiger partial charge >= 0.3 is 58.4 Å². The van der Waals surface area contributed by atoms with Crippen LogP contribution in [0.4, 0.5) is 12.9 Å². The van der Waals surface area contributed by atoms with Crippen LogP contribution < -0.4 is 61.6 Å². The molecule has 0 fully saturated rings. The summed E-state index contributed by atoms with van der Waals surface area (Å²) in [5, 5.41) is 4.05. The molecule has 1 aromatic heterocycles. The summed E-state index contributed by atoms with van der Waals surface area (Å²) in [6.07, 6.45) is 1.71. The summed E-state index contributed by atoms with van der Waals surface area (Å²) >= 11 is 0. The van der Waals surface area contributed by atoms with E-state index < -0.39 is 12.4 Å². The first-order valence-corrected chi connectivity index (χ1v) is 5.78. The van der Waals surface area contributed by atoms with Gasteiger partial charge in [-0.25, -0.2) is 0 Å². The Bertz CT molecular complexity index is 586. The van der Waals surface area contributed by atoms with Crippen molar-refractivity contribution in [2.45, 2.75) is 13.5 Å². The third kappa shape index (κ3) is 4.63. The molecule has 0 aliphatic heterocycles. The minimum Gasteiger partial charge on any atom is -0.490 e. The van der Waals surface area contributed by atoms with Gasteiger partial charge in [0.1, 0.15) is 6.61 Å². The molecule has 8 heteroatoms. The predicted octanol–water partition coefficient (Wildman–Crippen LogP) is -0.634. The standard InChI is InChI=1S/C12H13BF3N2O.K/c1-9-3-4-12(11(7-9)13(14,15)16)19-8-10-5-6-18(2)17-10;/h3-7H,8H2,1-2H3;/q-1;+1. The van der Waals surface area contributed by atoms with Crippen molar-refractivity contribution in [1.82, 2.24) is 9.78 Å². The van der Waals surface area contributed by atoms with Crippen molar-refractivity contribution < 1.29 is 69.1 Å². The first-order chi connectivity index (χ1) is 8.86. The number of nitrogens with zero attached hydrogens (tertiary/aromatic N) is 2. The van der Waals surface area contributed by atoms with Crippen molar-refractivity contribution >= 4 is 12.4 Å². The Kier molecular flexibility index (Phi) is 6.33. The molecule has 1 aromatic carbocycles. The average molecular weight is 308 g/mol. The van der Waals surface area contributed by atoms with Crippen LogP contribution in [-0.2, 0) is 13.7 Å².